The number of hydrogen-bond acceptors (Lipinski definition) is 7. The lowest BCUT2D eigenvalue weighted by molar-refractivity contribution is -0.137. The number of aliphatic hydroxyl groups is 1. The van der Waals surface area contributed by atoms with Crippen molar-refractivity contribution in [3.8, 4) is 10.4 Å². The van der Waals surface area contributed by atoms with Crippen molar-refractivity contribution in [1.82, 2.24) is 20.2 Å². The van der Waals surface area contributed by atoms with Gasteiger partial charge in [0.15, 0.2) is 5.01 Å². The van der Waals surface area contributed by atoms with Crippen LogP contribution in [0.5, 0.6) is 0 Å². The number of carbonyl (C=O) groups excluding carboxylic acids is 2. The van der Waals surface area contributed by atoms with Gasteiger partial charge >= 0.3 is 6.18 Å². The van der Waals surface area contributed by atoms with Crippen LogP contribution in [0, 0.1) is 11.8 Å². The lowest BCUT2D eigenvalue weighted by Gasteiger charge is -2.22. The van der Waals surface area contributed by atoms with Gasteiger partial charge in [-0.1, -0.05) is 0 Å². The maximum absolute atomic E-state index is 14.4. The fourth-order valence-corrected chi connectivity index (χ4v) is 6.19. The first-order valence-corrected chi connectivity index (χ1v) is 14.4. The number of nitrogens with zero attached hydrogens (tertiary/aromatic N) is 3. The number of pyridine rings is 1. The highest BCUT2D eigenvalue weighted by molar-refractivity contribution is 7.17. The number of alkyl halides is 5. The van der Waals surface area contributed by atoms with Gasteiger partial charge in [-0.2, -0.15) is 13.2 Å². The van der Waals surface area contributed by atoms with E-state index in [2.05, 4.69) is 20.6 Å². The zero-order chi connectivity index (χ0) is 29.9. The normalized spacial score (nSPS) is 20.9. The van der Waals surface area contributed by atoms with E-state index >= 15 is 0 Å². The third-order valence-electron chi connectivity index (χ3n) is 7.52. The molecule has 2 aromatic heterocycles. The van der Waals surface area contributed by atoms with Crippen molar-refractivity contribution in [1.29, 1.82) is 0 Å². The van der Waals surface area contributed by atoms with Crippen LogP contribution in [0.25, 0.3) is 10.4 Å². The van der Waals surface area contributed by atoms with Gasteiger partial charge in [-0.25, -0.2) is 18.7 Å². The van der Waals surface area contributed by atoms with Gasteiger partial charge in [0.1, 0.15) is 11.5 Å². The Morgan fingerprint density at radius 2 is 1.83 bits per heavy atom. The second-order valence-corrected chi connectivity index (χ2v) is 13.0. The molecule has 2 amide bonds. The summed E-state index contributed by atoms with van der Waals surface area (Å²) in [4.78, 5) is 35.2. The number of rotatable bonds is 9. The van der Waals surface area contributed by atoms with Crippen LogP contribution in [0.3, 0.4) is 0 Å². The molecule has 2 aliphatic carbocycles. The summed E-state index contributed by atoms with van der Waals surface area (Å²) in [7, 11) is 0. The summed E-state index contributed by atoms with van der Waals surface area (Å²) in [5.41, 5.74) is -3.38. The molecule has 1 aliphatic heterocycles. The highest BCUT2D eigenvalue weighted by Gasteiger charge is 2.47. The molecule has 2 aromatic rings. The van der Waals surface area contributed by atoms with Crippen LogP contribution in [-0.2, 0) is 6.18 Å². The molecule has 3 heterocycles. The van der Waals surface area contributed by atoms with E-state index in [0.29, 0.717) is 23.2 Å². The van der Waals surface area contributed by atoms with E-state index in [1.807, 2.05) is 0 Å². The SMILES string of the molecule is CC1CC(F)(F)CN1C(=O)c1nc(C(=O)NCC(C)(C)O)sc1-c1cnc(NC(C2CC2)C2CC2)cc1C(F)(F)F. The average molecular weight is 602 g/mol. The molecule has 0 aromatic carbocycles. The van der Waals surface area contributed by atoms with Crippen LogP contribution in [0.15, 0.2) is 12.3 Å². The van der Waals surface area contributed by atoms with Crippen LogP contribution in [0.2, 0.25) is 0 Å². The molecule has 3 N–H and O–H groups in total. The zero-order valence-corrected chi connectivity index (χ0v) is 23.6. The van der Waals surface area contributed by atoms with Crippen molar-refractivity contribution < 1.29 is 36.6 Å². The molecule has 0 spiro atoms. The van der Waals surface area contributed by atoms with Crippen molar-refractivity contribution in [3.05, 3.63) is 28.5 Å². The number of thiazole rings is 1. The topological polar surface area (TPSA) is 107 Å². The highest BCUT2D eigenvalue weighted by atomic mass is 32.1. The van der Waals surface area contributed by atoms with Gasteiger partial charge in [-0.05, 0) is 64.4 Å². The first kappa shape index (κ1) is 29.6. The first-order chi connectivity index (χ1) is 19.0. The summed E-state index contributed by atoms with van der Waals surface area (Å²) in [6.45, 7) is 3.19. The van der Waals surface area contributed by atoms with Crippen molar-refractivity contribution in [2.24, 2.45) is 11.8 Å². The largest absolute Gasteiger partial charge is 0.417 e. The molecule has 1 saturated heterocycles. The van der Waals surface area contributed by atoms with Crippen LogP contribution in [-0.4, -0.2) is 68.5 Å². The third-order valence-corrected chi connectivity index (χ3v) is 8.61. The fraction of sp³-hybridized carbons (Fsp3) is 0.630. The maximum atomic E-state index is 14.4. The molecule has 1 atom stereocenters. The molecule has 224 valence electrons. The molecule has 8 nitrogen and oxygen atoms in total. The lowest BCUT2D eigenvalue weighted by Crippen LogP contribution is -2.38. The van der Waals surface area contributed by atoms with Gasteiger partial charge < -0.3 is 20.6 Å². The number of amides is 2. The van der Waals surface area contributed by atoms with Gasteiger partial charge in [0, 0.05) is 36.8 Å². The molecule has 3 aliphatic rings. The van der Waals surface area contributed by atoms with Gasteiger partial charge in [-0.3, -0.25) is 9.59 Å². The van der Waals surface area contributed by atoms with E-state index in [9.17, 15) is 36.6 Å². The molecule has 0 radical (unpaired) electrons. The van der Waals surface area contributed by atoms with Crippen molar-refractivity contribution in [3.63, 3.8) is 0 Å². The van der Waals surface area contributed by atoms with E-state index in [1.54, 1.807) is 0 Å². The minimum atomic E-state index is -4.86. The van der Waals surface area contributed by atoms with Crippen LogP contribution in [0.1, 0.15) is 78.7 Å². The number of halogens is 5. The van der Waals surface area contributed by atoms with Crippen LogP contribution < -0.4 is 10.6 Å². The number of likely N-dealkylation sites (tertiary alicyclic amines) is 1. The summed E-state index contributed by atoms with van der Waals surface area (Å²) in [5, 5.41) is 15.2. The average Bonchev–Trinajstić information content (AvgIpc) is 3.80. The number of carbonyl (C=O) groups is 2. The summed E-state index contributed by atoms with van der Waals surface area (Å²) >= 11 is 0.539. The predicted octanol–water partition coefficient (Wildman–Crippen LogP) is 5.19. The predicted molar refractivity (Wildman–Crippen MR) is 142 cm³/mol. The maximum Gasteiger partial charge on any atom is 0.417 e. The molecule has 2 saturated carbocycles. The van der Waals surface area contributed by atoms with Gasteiger partial charge in [-0.15, -0.1) is 11.3 Å². The van der Waals surface area contributed by atoms with Gasteiger partial charge in [0.2, 0.25) is 0 Å². The quantitative estimate of drug-likeness (QED) is 0.342. The molecule has 1 unspecified atom stereocenters. The summed E-state index contributed by atoms with van der Waals surface area (Å²) < 4.78 is 71.5. The molecule has 0 bridgehead atoms. The van der Waals surface area contributed by atoms with Gasteiger partial charge in [0.05, 0.1) is 22.6 Å². The smallest absolute Gasteiger partial charge is 0.389 e. The Kier molecular flexibility index (Phi) is 7.54. The standard InChI is InChI=1S/C27H32F5N5O3S/c1-13-9-26(28,29)12-37(13)24(39)20-21(41-23(36-20)22(38)34-11-25(2,3)40)16-10-33-18(8-17(16)27(30,31)32)35-19(14-4-5-14)15-6-7-15/h8,10,13-15,19,40H,4-7,9,11-12H2,1-3H3,(H,33,35)(H,34,38). The van der Waals surface area contributed by atoms with E-state index < -0.39 is 65.3 Å². The Bertz CT molecular complexity index is 1320. The second kappa shape index (κ2) is 10.4. The summed E-state index contributed by atoms with van der Waals surface area (Å²) in [6, 6.07) is 0.0364. The van der Waals surface area contributed by atoms with Crippen LogP contribution >= 0.6 is 11.3 Å². The molecule has 41 heavy (non-hydrogen) atoms. The summed E-state index contributed by atoms with van der Waals surface area (Å²) in [5.74, 6) is -4.14. The highest BCUT2D eigenvalue weighted by Crippen LogP contribution is 2.47. The van der Waals surface area contributed by atoms with Gasteiger partial charge in [0.25, 0.3) is 17.7 Å². The molecular weight excluding hydrogens is 569 g/mol. The monoisotopic (exact) mass is 601 g/mol. The third kappa shape index (κ3) is 6.79. The minimum Gasteiger partial charge on any atom is -0.389 e. The number of aromatic nitrogens is 2. The Labute approximate surface area is 237 Å². The lowest BCUT2D eigenvalue weighted by atomic mass is 10.0. The number of hydrogen-bond donors (Lipinski definition) is 3. The Hall–Kier alpha value is -2.87. The van der Waals surface area contributed by atoms with E-state index in [-0.39, 0.29) is 28.3 Å². The molecule has 14 heteroatoms. The zero-order valence-electron chi connectivity index (χ0n) is 22.8. The van der Waals surface area contributed by atoms with Crippen molar-refractivity contribution in [2.75, 3.05) is 18.4 Å². The van der Waals surface area contributed by atoms with Crippen molar-refractivity contribution in [2.45, 2.75) is 82.7 Å². The number of nitrogens with one attached hydrogen (secondary N) is 2. The van der Waals surface area contributed by atoms with E-state index in [0.717, 1.165) is 42.8 Å². The Balaban J connectivity index is 1.55. The molecule has 5 rings (SSSR count). The first-order valence-electron chi connectivity index (χ1n) is 13.6. The Morgan fingerprint density at radius 3 is 2.34 bits per heavy atom. The number of anilines is 1. The second-order valence-electron chi connectivity index (χ2n) is 12.0. The minimum absolute atomic E-state index is 0.0411. The van der Waals surface area contributed by atoms with E-state index in [1.165, 1.54) is 20.8 Å². The molecular formula is C27H32F5N5O3S. The Morgan fingerprint density at radius 1 is 1.20 bits per heavy atom. The fourth-order valence-electron chi connectivity index (χ4n) is 5.19. The summed E-state index contributed by atoms with van der Waals surface area (Å²) in [6.07, 6.45) is -0.421. The van der Waals surface area contributed by atoms with Crippen LogP contribution in [0.4, 0.5) is 27.8 Å². The van der Waals surface area contributed by atoms with E-state index in [4.69, 9.17) is 0 Å². The molecule has 3 fully saturated rings. The van der Waals surface area contributed by atoms with Crippen molar-refractivity contribution >= 4 is 29.0 Å².